The zero-order valence-electron chi connectivity index (χ0n) is 16.1. The number of rotatable bonds is 9. The molecule has 0 unspecified atom stereocenters. The van der Waals surface area contributed by atoms with Gasteiger partial charge in [-0.1, -0.05) is 61.5 Å². The molecule has 0 bridgehead atoms. The summed E-state index contributed by atoms with van der Waals surface area (Å²) in [5, 5.41) is 16.3. The molecule has 0 aromatic heterocycles. The molecule has 3 N–H and O–H groups in total. The van der Waals surface area contributed by atoms with Crippen LogP contribution >= 0.6 is 12.6 Å². The molecule has 2 aromatic rings. The molecule has 2 atom stereocenters. The van der Waals surface area contributed by atoms with E-state index in [0.29, 0.717) is 18.5 Å². The predicted molar refractivity (Wildman–Crippen MR) is 115 cm³/mol. The van der Waals surface area contributed by atoms with Crippen LogP contribution in [-0.4, -0.2) is 30.1 Å². The lowest BCUT2D eigenvalue weighted by Crippen LogP contribution is -2.41. The maximum atomic E-state index is 12.4. The maximum absolute atomic E-state index is 12.4. The number of carbonyl (C=O) groups is 2. The van der Waals surface area contributed by atoms with E-state index < -0.39 is 11.9 Å². The second-order valence-electron chi connectivity index (χ2n) is 6.71. The number of hydrogen-bond donors (Lipinski definition) is 4. The Morgan fingerprint density at radius 3 is 2.21 bits per heavy atom. The van der Waals surface area contributed by atoms with Crippen LogP contribution in [0.4, 0.5) is 0 Å². The number of thiol groups is 1. The fourth-order valence-corrected chi connectivity index (χ4v) is 3.22. The lowest BCUT2D eigenvalue weighted by molar-refractivity contribution is -0.141. The van der Waals surface area contributed by atoms with E-state index in [1.165, 1.54) is 5.41 Å². The third-order valence-electron chi connectivity index (χ3n) is 4.58. The molecule has 0 spiro atoms. The average molecular weight is 399 g/mol. The summed E-state index contributed by atoms with van der Waals surface area (Å²) in [5.74, 6) is -1.75. The Morgan fingerprint density at radius 1 is 1.07 bits per heavy atom. The number of carboxylic acid groups (broad SMARTS) is 1. The topological polar surface area (TPSA) is 78.4 Å². The number of nitrogens with one attached hydrogen (secondary N) is 2. The Hall–Kier alpha value is -2.73. The molecule has 0 aliphatic heterocycles. The highest BCUT2D eigenvalue weighted by atomic mass is 32.1. The van der Waals surface area contributed by atoms with Crippen LogP contribution in [0.5, 0.6) is 0 Å². The van der Waals surface area contributed by atoms with Crippen LogP contribution in [0.3, 0.4) is 0 Å². The van der Waals surface area contributed by atoms with E-state index in [-0.39, 0.29) is 11.9 Å². The highest BCUT2D eigenvalue weighted by molar-refractivity contribution is 7.83. The smallest absolute Gasteiger partial charge is 0.306 e. The lowest BCUT2D eigenvalue weighted by Gasteiger charge is -2.21. The van der Waals surface area contributed by atoms with Crippen LogP contribution in [0.15, 0.2) is 65.7 Å². The van der Waals surface area contributed by atoms with Crippen molar-refractivity contribution in [2.45, 2.75) is 25.8 Å². The molecule has 6 heteroatoms. The van der Waals surface area contributed by atoms with Crippen molar-refractivity contribution >= 4 is 24.5 Å². The summed E-state index contributed by atoms with van der Waals surface area (Å²) < 4.78 is 0. The van der Waals surface area contributed by atoms with Gasteiger partial charge in [0.2, 0.25) is 0 Å². The third-order valence-corrected chi connectivity index (χ3v) is 4.84. The quantitative estimate of drug-likeness (QED) is 0.385. The Labute approximate surface area is 171 Å². The number of aliphatic carboxylic acids is 1. The molecular weight excluding hydrogens is 372 g/mol. The van der Waals surface area contributed by atoms with Gasteiger partial charge in [0.05, 0.1) is 5.92 Å². The van der Waals surface area contributed by atoms with E-state index >= 15 is 0 Å². The van der Waals surface area contributed by atoms with E-state index in [2.05, 4.69) is 35.4 Å². The summed E-state index contributed by atoms with van der Waals surface area (Å²) >= 11 is 4.03. The maximum Gasteiger partial charge on any atom is 0.306 e. The Kier molecular flexibility index (Phi) is 8.14. The fraction of sp³-hybridized carbons (Fsp3) is 0.273. The molecule has 0 saturated carbocycles. The first kappa shape index (κ1) is 21.6. The molecule has 0 aliphatic carbocycles. The number of carbonyl (C=O) groups excluding carboxylic acids is 1. The van der Waals surface area contributed by atoms with Gasteiger partial charge >= 0.3 is 5.97 Å². The summed E-state index contributed by atoms with van der Waals surface area (Å²) in [6.07, 6.45) is 0.882. The SMILES string of the molecule is CN/C(=C\S)C(=O)N[C@@H](Cc1ccc(-c2ccccc2)cc1)C[C@H](C)C(=O)O. The monoisotopic (exact) mass is 398 g/mol. The first-order valence-corrected chi connectivity index (χ1v) is 9.66. The van der Waals surface area contributed by atoms with Crippen LogP contribution in [0.2, 0.25) is 0 Å². The Morgan fingerprint density at radius 2 is 1.68 bits per heavy atom. The molecule has 148 valence electrons. The van der Waals surface area contributed by atoms with Crippen molar-refractivity contribution in [3.8, 4) is 11.1 Å². The molecule has 28 heavy (non-hydrogen) atoms. The number of likely N-dealkylation sites (N-methyl/N-ethyl adjacent to an activating group) is 1. The minimum atomic E-state index is -0.878. The van der Waals surface area contributed by atoms with Crippen LogP contribution in [0.25, 0.3) is 11.1 Å². The van der Waals surface area contributed by atoms with E-state index in [9.17, 15) is 14.7 Å². The zero-order valence-corrected chi connectivity index (χ0v) is 16.9. The van der Waals surface area contributed by atoms with Gasteiger partial charge in [0.1, 0.15) is 5.70 Å². The van der Waals surface area contributed by atoms with Crippen molar-refractivity contribution in [3.63, 3.8) is 0 Å². The molecule has 5 nitrogen and oxygen atoms in total. The van der Waals surface area contributed by atoms with Crippen LogP contribution < -0.4 is 10.6 Å². The summed E-state index contributed by atoms with van der Waals surface area (Å²) in [6.45, 7) is 1.65. The van der Waals surface area contributed by atoms with Gasteiger partial charge in [0.15, 0.2) is 0 Å². The van der Waals surface area contributed by atoms with E-state index in [0.717, 1.165) is 16.7 Å². The molecule has 0 saturated heterocycles. The van der Waals surface area contributed by atoms with Crippen molar-refractivity contribution in [3.05, 3.63) is 71.3 Å². The van der Waals surface area contributed by atoms with E-state index in [4.69, 9.17) is 0 Å². The predicted octanol–water partition coefficient (Wildman–Crippen LogP) is 3.48. The molecule has 2 rings (SSSR count). The molecular formula is C22H26N2O3S. The minimum Gasteiger partial charge on any atom is -0.481 e. The van der Waals surface area contributed by atoms with Gasteiger partial charge in [-0.15, -0.1) is 12.6 Å². The molecule has 0 aliphatic rings. The van der Waals surface area contributed by atoms with Crippen molar-refractivity contribution in [1.82, 2.24) is 10.6 Å². The van der Waals surface area contributed by atoms with Gasteiger partial charge in [-0.25, -0.2) is 0 Å². The molecule has 0 radical (unpaired) electrons. The zero-order chi connectivity index (χ0) is 20.5. The first-order valence-electron chi connectivity index (χ1n) is 9.14. The Balaban J connectivity index is 2.14. The van der Waals surface area contributed by atoms with Gasteiger partial charge in [-0.2, -0.15) is 0 Å². The highest BCUT2D eigenvalue weighted by Gasteiger charge is 2.21. The van der Waals surface area contributed by atoms with E-state index in [1.807, 2.05) is 42.5 Å². The normalized spacial score (nSPS) is 13.5. The summed E-state index contributed by atoms with van der Waals surface area (Å²) in [7, 11) is 1.64. The molecule has 0 fully saturated rings. The number of benzene rings is 2. The number of hydrogen-bond acceptors (Lipinski definition) is 4. The van der Waals surface area contributed by atoms with Crippen molar-refractivity contribution in [2.24, 2.45) is 5.92 Å². The number of carboxylic acids is 1. The Bertz CT molecular complexity index is 819. The minimum absolute atomic E-state index is 0.305. The van der Waals surface area contributed by atoms with Crippen LogP contribution in [0, 0.1) is 5.92 Å². The molecule has 1 amide bonds. The van der Waals surface area contributed by atoms with Gasteiger partial charge in [0.25, 0.3) is 5.91 Å². The fourth-order valence-electron chi connectivity index (χ4n) is 2.97. The molecule has 0 heterocycles. The summed E-state index contributed by atoms with van der Waals surface area (Å²) in [5.41, 5.74) is 3.61. The largest absolute Gasteiger partial charge is 0.481 e. The lowest BCUT2D eigenvalue weighted by atomic mass is 9.95. The van der Waals surface area contributed by atoms with Gasteiger partial charge in [-0.3, -0.25) is 9.59 Å². The second-order valence-corrected chi connectivity index (χ2v) is 6.96. The molecule has 2 aromatic carbocycles. The van der Waals surface area contributed by atoms with Crippen molar-refractivity contribution < 1.29 is 14.7 Å². The van der Waals surface area contributed by atoms with Crippen molar-refractivity contribution in [2.75, 3.05) is 7.05 Å². The van der Waals surface area contributed by atoms with E-state index in [1.54, 1.807) is 14.0 Å². The standard InChI is InChI=1S/C22H26N2O3S/c1-15(22(26)27)12-19(24-21(25)20(14-28)23-2)13-16-8-10-18(11-9-16)17-6-4-3-5-7-17/h3-11,14-15,19,23,28H,12-13H2,1-2H3,(H,24,25)(H,26,27)/b20-14-/t15-,19+/m0/s1. The summed E-state index contributed by atoms with van der Waals surface area (Å²) in [6, 6.07) is 17.9. The van der Waals surface area contributed by atoms with Gasteiger partial charge in [0, 0.05) is 13.1 Å². The highest BCUT2D eigenvalue weighted by Crippen LogP contribution is 2.20. The number of amides is 1. The third kappa shape index (κ3) is 6.16. The second kappa shape index (κ2) is 10.6. The van der Waals surface area contributed by atoms with Crippen LogP contribution in [0.1, 0.15) is 18.9 Å². The average Bonchev–Trinajstić information content (AvgIpc) is 2.70. The van der Waals surface area contributed by atoms with Gasteiger partial charge < -0.3 is 15.7 Å². The van der Waals surface area contributed by atoms with Crippen LogP contribution in [-0.2, 0) is 16.0 Å². The van der Waals surface area contributed by atoms with Gasteiger partial charge in [-0.05, 0) is 34.9 Å². The first-order chi connectivity index (χ1) is 13.4. The van der Waals surface area contributed by atoms with Crippen molar-refractivity contribution in [1.29, 1.82) is 0 Å². The summed E-state index contributed by atoms with van der Waals surface area (Å²) in [4.78, 5) is 23.6.